The summed E-state index contributed by atoms with van der Waals surface area (Å²) < 4.78 is 12.9. The Morgan fingerprint density at radius 3 is 2.11 bits per heavy atom. The highest BCUT2D eigenvalue weighted by atomic mass is 32.1. The Hall–Kier alpha value is -1.25. The van der Waals surface area contributed by atoms with Crippen molar-refractivity contribution in [1.82, 2.24) is 0 Å². The molecule has 2 aromatic heterocycles. The number of carbonyl (C=O) groups is 1. The number of esters is 1. The summed E-state index contributed by atoms with van der Waals surface area (Å²) in [6.45, 7) is 2.01. The summed E-state index contributed by atoms with van der Waals surface area (Å²) in [5.41, 5.74) is -2.33. The summed E-state index contributed by atoms with van der Waals surface area (Å²) in [5, 5.41) is 15.2. The number of rotatable bonds is 4. The number of thiophene rings is 2. The molecular weight excluding hydrogens is 394 g/mol. The van der Waals surface area contributed by atoms with Crippen molar-refractivity contribution < 1.29 is 23.9 Å². The van der Waals surface area contributed by atoms with Gasteiger partial charge in [0, 0.05) is 12.8 Å². The van der Waals surface area contributed by atoms with Gasteiger partial charge in [0.05, 0.1) is 23.8 Å². The lowest BCUT2D eigenvalue weighted by atomic mass is 9.85. The second-order valence-corrected chi connectivity index (χ2v) is 10.6. The molecule has 3 saturated heterocycles. The molecule has 0 amide bonds. The van der Waals surface area contributed by atoms with Crippen molar-refractivity contribution in [3.63, 3.8) is 0 Å². The molecule has 3 unspecified atom stereocenters. The van der Waals surface area contributed by atoms with Crippen LogP contribution in [-0.4, -0.2) is 59.5 Å². The Labute approximate surface area is 174 Å². The average Bonchev–Trinajstić information content (AvgIpc) is 3.00. The highest BCUT2D eigenvalue weighted by molar-refractivity contribution is 7.12. The van der Waals surface area contributed by atoms with Gasteiger partial charge < -0.3 is 26.5 Å². The molecule has 28 heavy (non-hydrogen) atoms. The average molecular weight is 422 g/mol. The van der Waals surface area contributed by atoms with Crippen LogP contribution in [0.25, 0.3) is 0 Å². The van der Waals surface area contributed by atoms with Gasteiger partial charge in [-0.1, -0.05) is 12.1 Å². The van der Waals surface area contributed by atoms with E-state index < -0.39 is 17.2 Å². The van der Waals surface area contributed by atoms with Gasteiger partial charge in [-0.05, 0) is 29.8 Å². The topological polar surface area (TPSA) is 59.1 Å². The lowest BCUT2D eigenvalue weighted by Crippen LogP contribution is -2.63. The summed E-state index contributed by atoms with van der Waals surface area (Å²) in [4.78, 5) is 14.5. The van der Waals surface area contributed by atoms with Crippen LogP contribution in [0.15, 0.2) is 35.0 Å². The maximum Gasteiger partial charge on any atom is 0.349 e. The van der Waals surface area contributed by atoms with Crippen molar-refractivity contribution in [1.29, 1.82) is 0 Å². The first kappa shape index (κ1) is 20.0. The zero-order valence-electron chi connectivity index (χ0n) is 16.6. The van der Waals surface area contributed by atoms with Crippen molar-refractivity contribution in [2.24, 2.45) is 0 Å². The fourth-order valence-electron chi connectivity index (χ4n) is 5.10. The van der Waals surface area contributed by atoms with Gasteiger partial charge in [0.1, 0.15) is 29.9 Å². The normalized spacial score (nSPS) is 35.0. The van der Waals surface area contributed by atoms with Crippen molar-refractivity contribution >= 4 is 28.6 Å². The minimum Gasteiger partial charge on any atom is -0.456 e. The van der Waals surface area contributed by atoms with Gasteiger partial charge in [-0.15, -0.1) is 22.7 Å². The van der Waals surface area contributed by atoms with E-state index in [1.54, 1.807) is 12.1 Å². The number of hydrogen-bond donors (Lipinski definition) is 1. The van der Waals surface area contributed by atoms with Crippen LogP contribution >= 0.6 is 22.7 Å². The van der Waals surface area contributed by atoms with Crippen molar-refractivity contribution in [3.05, 3.63) is 52.2 Å². The lowest BCUT2D eigenvalue weighted by molar-refractivity contribution is -0.939. The first-order chi connectivity index (χ1) is 12.8. The van der Waals surface area contributed by atoms with Gasteiger partial charge in [0.15, 0.2) is 0 Å². The van der Waals surface area contributed by atoms with Crippen LogP contribution in [0.1, 0.15) is 29.5 Å². The molecule has 3 aliphatic rings. The summed E-state index contributed by atoms with van der Waals surface area (Å²) >= 11 is 2.74. The van der Waals surface area contributed by atoms with E-state index in [9.17, 15) is 9.90 Å². The van der Waals surface area contributed by atoms with E-state index in [0.29, 0.717) is 34.0 Å². The first-order valence-corrected chi connectivity index (χ1v) is 11.0. The number of likely N-dealkylation sites (N-methyl/N-ethyl adjacent to an activating group) is 1. The Kier molecular flexibility index (Phi) is 4.56. The van der Waals surface area contributed by atoms with Gasteiger partial charge >= 0.3 is 5.97 Å². The van der Waals surface area contributed by atoms with E-state index in [1.807, 2.05) is 29.8 Å². The molecule has 0 spiro atoms. The zero-order valence-corrected chi connectivity index (χ0v) is 18.3. The predicted octanol–water partition coefficient (Wildman–Crippen LogP) is 3.19. The molecule has 5 heterocycles. The fourth-order valence-corrected chi connectivity index (χ4v) is 6.82. The van der Waals surface area contributed by atoms with Crippen LogP contribution in [0.4, 0.5) is 0 Å². The second-order valence-electron chi connectivity index (χ2n) is 8.74. The summed E-state index contributed by atoms with van der Waals surface area (Å²) in [6, 6.07) is 7.95. The standard InChI is InChI=1S/C20H24NO4S2.CH3/c1-19(10-12-16-17(24-16)13(11-19)21(12,2)3)25-18(22)20(23,14-6-4-8-26-14)15-7-5-9-27-15;/h4-9,12-13,16-17,23H,10-11H2,1-3H3;1H3/q+1;-1/t12-,13?,16+,17?,19?;/m0./s1. The number of piperidine rings is 1. The molecule has 0 aromatic carbocycles. The molecule has 3 fully saturated rings. The van der Waals surface area contributed by atoms with E-state index in [2.05, 4.69) is 14.1 Å². The molecule has 0 radical (unpaired) electrons. The number of nitrogens with zero attached hydrogens (tertiary/aromatic N) is 1. The molecule has 0 saturated carbocycles. The third kappa shape index (κ3) is 2.71. The van der Waals surface area contributed by atoms with E-state index >= 15 is 0 Å². The van der Waals surface area contributed by atoms with Crippen molar-refractivity contribution in [2.75, 3.05) is 14.1 Å². The molecular formula is C21H27NO4S2. The minimum atomic E-state index is -1.74. The van der Waals surface area contributed by atoms with Crippen LogP contribution in [0.2, 0.25) is 0 Å². The molecule has 7 heteroatoms. The molecule has 3 aliphatic heterocycles. The first-order valence-electron chi connectivity index (χ1n) is 9.28. The summed E-state index contributed by atoms with van der Waals surface area (Å²) in [6.07, 6.45) is 2.10. The Bertz CT molecular complexity index is 807. The van der Waals surface area contributed by atoms with Gasteiger partial charge in [-0.25, -0.2) is 4.79 Å². The number of fused-ring (bicyclic) bond motifs is 5. The molecule has 152 valence electrons. The number of morpholine rings is 1. The van der Waals surface area contributed by atoms with Gasteiger partial charge in [0.25, 0.3) is 0 Å². The smallest absolute Gasteiger partial charge is 0.349 e. The molecule has 5 rings (SSSR count). The van der Waals surface area contributed by atoms with Crippen LogP contribution in [0, 0.1) is 7.43 Å². The molecule has 1 N–H and O–H groups in total. The monoisotopic (exact) mass is 421 g/mol. The number of hydrogen-bond acceptors (Lipinski definition) is 6. The second kappa shape index (κ2) is 6.37. The van der Waals surface area contributed by atoms with Crippen molar-refractivity contribution in [3.8, 4) is 0 Å². The van der Waals surface area contributed by atoms with Gasteiger partial charge in [-0.2, -0.15) is 0 Å². The van der Waals surface area contributed by atoms with E-state index in [1.165, 1.54) is 22.7 Å². The molecule has 5 nitrogen and oxygen atoms in total. The van der Waals surface area contributed by atoms with Gasteiger partial charge in [0.2, 0.25) is 5.60 Å². The van der Waals surface area contributed by atoms with E-state index in [4.69, 9.17) is 9.47 Å². The third-order valence-corrected chi connectivity index (χ3v) is 8.66. The molecule has 2 bridgehead atoms. The predicted molar refractivity (Wildman–Crippen MR) is 110 cm³/mol. The quantitative estimate of drug-likeness (QED) is 0.357. The number of ether oxygens (including phenoxy) is 2. The molecule has 2 aromatic rings. The van der Waals surface area contributed by atoms with Gasteiger partial charge in [-0.3, -0.25) is 0 Å². The number of carbonyl (C=O) groups excluding carboxylic acids is 1. The van der Waals surface area contributed by atoms with Crippen LogP contribution in [0.3, 0.4) is 0 Å². The zero-order chi connectivity index (χ0) is 19.0. The lowest BCUT2D eigenvalue weighted by Gasteiger charge is -2.49. The Morgan fingerprint density at radius 1 is 1.18 bits per heavy atom. The summed E-state index contributed by atoms with van der Waals surface area (Å²) in [5.74, 6) is -0.573. The number of epoxide rings is 1. The minimum absolute atomic E-state index is 0. The van der Waals surface area contributed by atoms with E-state index in [-0.39, 0.29) is 7.43 Å². The number of aliphatic hydroxyl groups is 1. The van der Waals surface area contributed by atoms with Crippen molar-refractivity contribution in [2.45, 2.75) is 55.3 Å². The Morgan fingerprint density at radius 2 is 1.68 bits per heavy atom. The number of quaternary nitrogens is 1. The highest BCUT2D eigenvalue weighted by Crippen LogP contribution is 2.55. The summed E-state index contributed by atoms with van der Waals surface area (Å²) in [7, 11) is 4.50. The van der Waals surface area contributed by atoms with E-state index in [0.717, 1.165) is 17.3 Å². The largest absolute Gasteiger partial charge is 0.456 e. The third-order valence-electron chi connectivity index (χ3n) is 6.70. The van der Waals surface area contributed by atoms with Crippen LogP contribution in [-0.2, 0) is 19.9 Å². The van der Waals surface area contributed by atoms with Crippen LogP contribution in [0.5, 0.6) is 0 Å². The maximum atomic E-state index is 13.3. The molecule has 5 atom stereocenters. The SMILES string of the molecule is CC1(OC(=O)C(O)(c2cccs2)c2cccs2)CC2C3O[C@@H]3[C@H](C1)[N+]2(C)C.[CH3-]. The van der Waals surface area contributed by atoms with Crippen LogP contribution < -0.4 is 0 Å². The maximum absolute atomic E-state index is 13.3. The fraction of sp³-hybridized carbons (Fsp3) is 0.524. The Balaban J connectivity index is 0.00000192. The highest BCUT2D eigenvalue weighted by Gasteiger charge is 2.73. The molecule has 0 aliphatic carbocycles.